The van der Waals surface area contributed by atoms with Gasteiger partial charge in [0.1, 0.15) is 55.8 Å². The molecule has 89 heavy (non-hydrogen) atoms. The summed E-state index contributed by atoms with van der Waals surface area (Å²) in [7, 11) is 0.850. The van der Waals surface area contributed by atoms with E-state index in [-0.39, 0.29) is 5.56 Å². The molecule has 0 saturated carbocycles. The first kappa shape index (κ1) is 73.2. The summed E-state index contributed by atoms with van der Waals surface area (Å²) in [5, 5.41) is 5.03. The van der Waals surface area contributed by atoms with Crippen molar-refractivity contribution in [3.8, 4) is 0 Å². The van der Waals surface area contributed by atoms with E-state index in [0.717, 1.165) is 83.3 Å². The molecule has 3 heterocycles. The van der Waals surface area contributed by atoms with Gasteiger partial charge in [0.15, 0.2) is 61.6 Å². The molecule has 0 bridgehead atoms. The van der Waals surface area contributed by atoms with E-state index in [2.05, 4.69) is 10.6 Å². The third-order valence-corrected chi connectivity index (χ3v) is 12.7. The van der Waals surface area contributed by atoms with Crippen molar-refractivity contribution in [1.29, 1.82) is 0 Å². The third-order valence-electron chi connectivity index (χ3n) is 12.7. The van der Waals surface area contributed by atoms with Gasteiger partial charge in [-0.15, -0.1) is 0 Å². The highest BCUT2D eigenvalue weighted by Crippen LogP contribution is 2.40. The van der Waals surface area contributed by atoms with Crippen LogP contribution in [0, 0.1) is 0 Å². The Morgan fingerprint density at radius 2 is 1.08 bits per heavy atom. The van der Waals surface area contributed by atoms with E-state index in [1.54, 1.807) is 18.2 Å². The summed E-state index contributed by atoms with van der Waals surface area (Å²) < 4.78 is 98.1. The second-order valence-corrected chi connectivity index (χ2v) is 20.1. The van der Waals surface area contributed by atoms with Crippen LogP contribution in [0.1, 0.15) is 92.9 Å². The van der Waals surface area contributed by atoms with Crippen molar-refractivity contribution in [2.24, 2.45) is 5.73 Å². The van der Waals surface area contributed by atoms with Gasteiger partial charge in [-0.05, 0) is 0 Å². The highest BCUT2D eigenvalue weighted by molar-refractivity contribution is 5.98. The van der Waals surface area contributed by atoms with Crippen LogP contribution < -0.4 is 16.4 Å². The van der Waals surface area contributed by atoms with E-state index in [4.69, 9.17) is 86.3 Å². The molecule has 0 aromatic heterocycles. The van der Waals surface area contributed by atoms with Crippen molar-refractivity contribution < 1.29 is 148 Å². The highest BCUT2D eigenvalue weighted by Gasteiger charge is 2.62. The van der Waals surface area contributed by atoms with Gasteiger partial charge in [0.25, 0.3) is 5.79 Å². The lowest BCUT2D eigenvalue weighted by molar-refractivity contribution is -0.356. The zero-order valence-electron chi connectivity index (χ0n) is 50.6. The van der Waals surface area contributed by atoms with E-state index in [0.29, 0.717) is 0 Å². The topological polar surface area (TPSA) is 446 Å². The predicted molar refractivity (Wildman–Crippen MR) is 285 cm³/mol. The zero-order valence-corrected chi connectivity index (χ0v) is 50.6. The maximum Gasteiger partial charge on any atom is 0.366 e. The van der Waals surface area contributed by atoms with Gasteiger partial charge < -0.3 is 96.9 Å². The number of ether oxygens (including phenoxy) is 17. The third kappa shape index (κ3) is 22.1. The standard InChI is InChI=1S/C55H73N3O31/c1-24(59)57-42-38(79-28(5)63)18-55(54(72)73-12,89-48(42)45(82-31(8)66)39(80-29(6)64)21-74-26(3)61)78-23-41-44(81-30(7)65)47(43(58-25(2)60)52(86-41)77-19-36(56)51(71)76-20-37(70)35-16-14-13-15-17-35)88-53-50(85-34(11)69)49(84-33(10)68)46(83-32(9)67)40(87-53)22-75-27(4)62/h13-17,36,38-50,52-53H,18-23,56H2,1-12H3,(H,57,59)(H,58,60)/t36-,38-,39+,40+,41+,42+,43+,44-,45+,46-,47+,48+,49-,50+,52-,53-,55+/m0/s1. The van der Waals surface area contributed by atoms with E-state index in [1.165, 1.54) is 12.1 Å². The van der Waals surface area contributed by atoms with E-state index in [1.807, 2.05) is 0 Å². The van der Waals surface area contributed by atoms with E-state index in [9.17, 15) is 67.1 Å². The van der Waals surface area contributed by atoms with Crippen LogP contribution in [0.5, 0.6) is 0 Å². The number of carbonyl (C=O) groups is 14. The monoisotopic (exact) mass is 1270 g/mol. The number of amides is 2. The number of benzene rings is 1. The maximum absolute atomic E-state index is 14.5. The summed E-state index contributed by atoms with van der Waals surface area (Å²) in [6.45, 7) is 6.00. The molecule has 0 aliphatic carbocycles. The molecule has 2 amide bonds. The van der Waals surface area contributed by atoms with Gasteiger partial charge in [-0.25, -0.2) is 4.79 Å². The molecule has 4 rings (SSSR count). The summed E-state index contributed by atoms with van der Waals surface area (Å²) in [6, 6.07) is 2.41. The normalized spacial score (nSPS) is 27.3. The number of ketones is 1. The Labute approximate surface area is 508 Å². The number of Topliss-reactive ketones (excluding diaryl/α,β-unsaturated/α-hetero) is 1. The average molecular weight is 1270 g/mol. The number of nitrogens with one attached hydrogen (secondary N) is 2. The second-order valence-electron chi connectivity index (χ2n) is 20.1. The Balaban J connectivity index is 2.01. The SMILES string of the molecule is COC(=O)[C@@]1(OC[C@H]2O[C@H](OC[C@H](N)C(=O)OCC(=O)c3ccccc3)[C@H](NC(C)=O)[C@@H](O[C@@H]3O[C@H](COC(C)=O)[C@H](OC(C)=O)[C@H](OC(C)=O)[C@H]3OC(C)=O)[C@H]2OC(C)=O)C[C@H](OC(C)=O)[C@@H](NC(C)=O)[C@H]([C@H](OC(C)=O)[C@@H](COC(C)=O)OC(C)=O)O1. The molecule has 494 valence electrons. The molecule has 17 atom stereocenters. The minimum atomic E-state index is -3.00. The van der Waals surface area contributed by atoms with Gasteiger partial charge in [0.2, 0.25) is 11.8 Å². The molecule has 3 aliphatic rings. The zero-order chi connectivity index (χ0) is 66.6. The van der Waals surface area contributed by atoms with Crippen molar-refractivity contribution in [2.75, 3.05) is 40.1 Å². The van der Waals surface area contributed by atoms with E-state index < -0.39 is 226 Å². The van der Waals surface area contributed by atoms with Crippen LogP contribution in [0.15, 0.2) is 30.3 Å². The summed E-state index contributed by atoms with van der Waals surface area (Å²) in [5.41, 5.74) is 6.42. The first-order valence-electron chi connectivity index (χ1n) is 27.3. The van der Waals surface area contributed by atoms with Crippen LogP contribution in [0.2, 0.25) is 0 Å². The minimum Gasteiger partial charge on any atom is -0.465 e. The van der Waals surface area contributed by atoms with Crippen LogP contribution in [0.25, 0.3) is 0 Å². The van der Waals surface area contributed by atoms with Crippen molar-refractivity contribution in [1.82, 2.24) is 10.6 Å². The molecule has 1 aromatic rings. The quantitative estimate of drug-likeness (QED) is 0.0461. The summed E-state index contributed by atoms with van der Waals surface area (Å²) in [4.78, 5) is 182. The number of hydrogen-bond donors (Lipinski definition) is 3. The lowest BCUT2D eigenvalue weighted by Gasteiger charge is -2.50. The Kier molecular flexibility index (Phi) is 27.9. The smallest absolute Gasteiger partial charge is 0.366 e. The lowest BCUT2D eigenvalue weighted by atomic mass is 9.87. The Morgan fingerprint density at radius 1 is 0.562 bits per heavy atom. The Bertz CT molecular complexity index is 2740. The molecule has 3 aliphatic heterocycles. The van der Waals surface area contributed by atoms with Crippen LogP contribution in [0.4, 0.5) is 0 Å². The molecule has 34 heteroatoms. The first-order chi connectivity index (χ1) is 41.7. The van der Waals surface area contributed by atoms with Crippen molar-refractivity contribution in [2.45, 2.75) is 186 Å². The molecule has 34 nitrogen and oxygen atoms in total. The number of carbonyl (C=O) groups excluding carboxylic acids is 14. The van der Waals surface area contributed by atoms with Gasteiger partial charge in [0, 0.05) is 81.7 Å². The van der Waals surface area contributed by atoms with Crippen LogP contribution in [-0.2, 0) is 143 Å². The fraction of sp³-hybridized carbons (Fsp3) is 0.636. The van der Waals surface area contributed by atoms with Gasteiger partial charge >= 0.3 is 65.7 Å². The Morgan fingerprint density at radius 3 is 1.61 bits per heavy atom. The van der Waals surface area contributed by atoms with Crippen molar-refractivity contribution >= 4 is 83.3 Å². The van der Waals surface area contributed by atoms with Gasteiger partial charge in [-0.3, -0.25) is 62.3 Å². The lowest BCUT2D eigenvalue weighted by Crippen LogP contribution is -2.71. The van der Waals surface area contributed by atoms with Gasteiger partial charge in [0.05, 0.1) is 32.8 Å². The molecule has 0 radical (unpaired) electrons. The summed E-state index contributed by atoms with van der Waals surface area (Å²) in [5.74, 6) is -17.4. The van der Waals surface area contributed by atoms with E-state index >= 15 is 0 Å². The predicted octanol–water partition coefficient (Wildman–Crippen LogP) is -2.08. The van der Waals surface area contributed by atoms with Crippen LogP contribution >= 0.6 is 0 Å². The number of hydrogen-bond acceptors (Lipinski definition) is 32. The van der Waals surface area contributed by atoms with Crippen molar-refractivity contribution in [3.05, 3.63) is 35.9 Å². The first-order valence-corrected chi connectivity index (χ1v) is 27.3. The van der Waals surface area contributed by atoms with Crippen LogP contribution in [-0.4, -0.2) is 227 Å². The summed E-state index contributed by atoms with van der Waals surface area (Å²) in [6.07, 6.45) is -26.2. The fourth-order valence-electron chi connectivity index (χ4n) is 9.50. The molecule has 0 spiro atoms. The van der Waals surface area contributed by atoms with Gasteiger partial charge in [-0.2, -0.15) is 0 Å². The number of rotatable bonds is 28. The van der Waals surface area contributed by atoms with Gasteiger partial charge in [-0.1, -0.05) is 30.3 Å². The maximum atomic E-state index is 14.5. The molecular formula is C55H73N3O31. The number of esters is 11. The molecule has 3 saturated heterocycles. The second kappa shape index (κ2) is 33.9. The summed E-state index contributed by atoms with van der Waals surface area (Å²) >= 11 is 0. The molecule has 0 unspecified atom stereocenters. The molecule has 3 fully saturated rings. The average Bonchev–Trinajstić information content (AvgIpc) is 0.791. The highest BCUT2D eigenvalue weighted by atomic mass is 16.8. The fourth-order valence-corrected chi connectivity index (χ4v) is 9.50. The van der Waals surface area contributed by atoms with Crippen molar-refractivity contribution in [3.63, 3.8) is 0 Å². The Hall–Kier alpha value is -8.28. The molecule has 4 N–H and O–H groups in total. The number of nitrogens with two attached hydrogens (primary N) is 1. The number of methoxy groups -OCH3 is 1. The minimum absolute atomic E-state index is 0.185. The molecule has 1 aromatic carbocycles. The molecular weight excluding hydrogens is 1200 g/mol. The van der Waals surface area contributed by atoms with Crippen LogP contribution in [0.3, 0.4) is 0 Å². The largest absolute Gasteiger partial charge is 0.465 e.